The number of ether oxygens (including phenoxy) is 5. The lowest BCUT2D eigenvalue weighted by Gasteiger charge is -2.39. The smallest absolute Gasteiger partial charge is 0.407 e. The quantitative estimate of drug-likeness (QED) is 0.156. The number of fused-ring (bicyclic) bond motifs is 1. The number of carbonyl (C=O) groups is 2. The van der Waals surface area contributed by atoms with Gasteiger partial charge in [0.1, 0.15) is 5.75 Å². The number of para-hydroxylation sites is 1. The molecule has 3 atom stereocenters. The molecule has 1 saturated heterocycles. The molecule has 10 nitrogen and oxygen atoms in total. The van der Waals surface area contributed by atoms with E-state index in [1.807, 2.05) is 43.3 Å². The predicted octanol–water partition coefficient (Wildman–Crippen LogP) is 7.15. The van der Waals surface area contributed by atoms with Crippen molar-refractivity contribution in [1.82, 2.24) is 4.90 Å². The molecule has 48 heavy (non-hydrogen) atoms. The number of carbonyl (C=O) groups excluding carboxylic acids is 1. The molecule has 2 amide bonds. The summed E-state index contributed by atoms with van der Waals surface area (Å²) in [6.45, 7) is 4.46. The minimum atomic E-state index is -0.943. The summed E-state index contributed by atoms with van der Waals surface area (Å²) in [6.07, 6.45) is 3.43. The molecule has 258 valence electrons. The van der Waals surface area contributed by atoms with E-state index in [0.717, 1.165) is 64.5 Å². The van der Waals surface area contributed by atoms with Crippen LogP contribution in [0.4, 0.5) is 10.5 Å². The van der Waals surface area contributed by atoms with Crippen LogP contribution in [0.1, 0.15) is 72.8 Å². The van der Waals surface area contributed by atoms with Crippen molar-refractivity contribution < 1.29 is 38.4 Å². The first-order valence-electron chi connectivity index (χ1n) is 16.9. The van der Waals surface area contributed by atoms with Gasteiger partial charge in [-0.15, -0.1) is 0 Å². The van der Waals surface area contributed by atoms with E-state index >= 15 is 0 Å². The van der Waals surface area contributed by atoms with E-state index in [4.69, 9.17) is 23.7 Å². The third-order valence-electron chi connectivity index (χ3n) is 9.14. The van der Waals surface area contributed by atoms with Gasteiger partial charge in [0.2, 0.25) is 5.91 Å². The van der Waals surface area contributed by atoms with E-state index in [0.29, 0.717) is 52.0 Å². The molecule has 3 unspecified atom stereocenters. The second-order valence-electron chi connectivity index (χ2n) is 12.5. The number of carboxylic acid groups (broad SMARTS) is 1. The topological polar surface area (TPSA) is 116 Å². The number of rotatable bonds is 16. The maximum Gasteiger partial charge on any atom is 0.407 e. The van der Waals surface area contributed by atoms with Gasteiger partial charge in [-0.25, -0.2) is 4.79 Å². The molecule has 0 saturated carbocycles. The molecule has 5 rings (SSSR count). The van der Waals surface area contributed by atoms with E-state index in [9.17, 15) is 14.7 Å². The van der Waals surface area contributed by atoms with E-state index in [2.05, 4.69) is 29.6 Å². The molecular formula is C38H48N2O8. The number of amides is 2. The molecule has 2 N–H and O–H groups in total. The number of anilines is 1. The van der Waals surface area contributed by atoms with Gasteiger partial charge in [0.05, 0.1) is 39.1 Å². The van der Waals surface area contributed by atoms with Crippen molar-refractivity contribution in [1.29, 1.82) is 0 Å². The van der Waals surface area contributed by atoms with Crippen molar-refractivity contribution in [2.45, 2.75) is 70.0 Å². The van der Waals surface area contributed by atoms with E-state index in [1.165, 1.54) is 4.90 Å². The Morgan fingerprint density at radius 1 is 0.979 bits per heavy atom. The molecule has 1 fully saturated rings. The lowest BCUT2D eigenvalue weighted by molar-refractivity contribution is -0.116. The number of unbranched alkanes of at least 4 members (excludes halogenated alkanes) is 1. The van der Waals surface area contributed by atoms with Crippen LogP contribution in [0.2, 0.25) is 0 Å². The molecule has 0 aromatic heterocycles. The Labute approximate surface area is 283 Å². The molecule has 0 radical (unpaired) electrons. The highest BCUT2D eigenvalue weighted by atomic mass is 16.5. The summed E-state index contributed by atoms with van der Waals surface area (Å²) in [5.41, 5.74) is 5.03. The summed E-state index contributed by atoms with van der Waals surface area (Å²) < 4.78 is 29.6. The molecule has 3 aromatic carbocycles. The van der Waals surface area contributed by atoms with Crippen molar-refractivity contribution in [2.75, 3.05) is 52.4 Å². The first-order chi connectivity index (χ1) is 23.4. The molecule has 2 aliphatic heterocycles. The Morgan fingerprint density at radius 3 is 2.52 bits per heavy atom. The fourth-order valence-electron chi connectivity index (χ4n) is 6.49. The van der Waals surface area contributed by atoms with Gasteiger partial charge < -0.3 is 39.0 Å². The zero-order chi connectivity index (χ0) is 33.9. The van der Waals surface area contributed by atoms with Gasteiger partial charge in [-0.2, -0.15) is 0 Å². The summed E-state index contributed by atoms with van der Waals surface area (Å²) in [5.74, 6) is 2.33. The zero-order valence-electron chi connectivity index (χ0n) is 28.2. The maximum atomic E-state index is 12.1. The third kappa shape index (κ3) is 9.20. The second kappa shape index (κ2) is 17.2. The number of hydrogen-bond acceptors (Lipinski definition) is 7. The Bertz CT molecular complexity index is 1510. The number of methoxy groups -OCH3 is 2. The monoisotopic (exact) mass is 660 g/mol. The Balaban J connectivity index is 1.21. The number of nitrogens with one attached hydrogen (secondary N) is 1. The van der Waals surface area contributed by atoms with Crippen LogP contribution < -0.4 is 19.5 Å². The molecule has 0 spiro atoms. The van der Waals surface area contributed by atoms with Gasteiger partial charge in [0.15, 0.2) is 11.5 Å². The number of benzene rings is 3. The molecule has 10 heteroatoms. The van der Waals surface area contributed by atoms with E-state index < -0.39 is 6.09 Å². The van der Waals surface area contributed by atoms with Crippen LogP contribution in [0, 0.1) is 6.92 Å². The first-order valence-corrected chi connectivity index (χ1v) is 16.9. The SMILES string of the molecule is COCCCC(OC1CN(C(=O)O)CCC1c1ccc(OCCCCOc2c(C)cccc2OC)cc1)c1ccc2c(c1)NC(=O)CC2. The Hall–Kier alpha value is -4.28. The number of hydrogen-bond donors (Lipinski definition) is 2. The van der Waals surface area contributed by atoms with Crippen molar-refractivity contribution in [3.8, 4) is 17.2 Å². The van der Waals surface area contributed by atoms with E-state index in [1.54, 1.807) is 14.2 Å². The maximum absolute atomic E-state index is 12.1. The molecule has 2 aliphatic rings. The largest absolute Gasteiger partial charge is 0.494 e. The molecule has 2 heterocycles. The van der Waals surface area contributed by atoms with Gasteiger partial charge in [0.25, 0.3) is 0 Å². The predicted molar refractivity (Wildman–Crippen MR) is 183 cm³/mol. The summed E-state index contributed by atoms with van der Waals surface area (Å²) >= 11 is 0. The number of aryl methyl sites for hydroxylation is 2. The van der Waals surface area contributed by atoms with Crippen LogP contribution in [-0.2, 0) is 20.7 Å². The fraction of sp³-hybridized carbons (Fsp3) is 0.474. The van der Waals surface area contributed by atoms with Crippen molar-refractivity contribution in [3.05, 3.63) is 82.9 Å². The lowest BCUT2D eigenvalue weighted by Crippen LogP contribution is -2.46. The summed E-state index contributed by atoms with van der Waals surface area (Å²) in [6, 6.07) is 20.1. The molecule has 0 aliphatic carbocycles. The minimum Gasteiger partial charge on any atom is -0.494 e. The summed E-state index contributed by atoms with van der Waals surface area (Å²) in [4.78, 5) is 25.6. The highest BCUT2D eigenvalue weighted by Gasteiger charge is 2.35. The van der Waals surface area contributed by atoms with Crippen LogP contribution in [0.3, 0.4) is 0 Å². The average molecular weight is 661 g/mol. The van der Waals surface area contributed by atoms with Crippen molar-refractivity contribution >= 4 is 17.7 Å². The molecule has 3 aromatic rings. The highest BCUT2D eigenvalue weighted by molar-refractivity contribution is 5.94. The fourth-order valence-corrected chi connectivity index (χ4v) is 6.49. The van der Waals surface area contributed by atoms with E-state index in [-0.39, 0.29) is 30.6 Å². The standard InChI is InChI=1S/C38H48N2O8/c1-26-8-6-9-34(45-3)37(26)47-23-5-4-22-46-30-16-13-27(14-17-30)31-19-20-40(38(42)43)25-35(31)48-33(10-7-21-44-2)29-12-11-28-15-18-36(41)39-32(28)24-29/h6,8-9,11-14,16-17,24,31,33,35H,4-5,7,10,15,18-23,25H2,1-3H3,(H,39,41)(H,42,43). The summed E-state index contributed by atoms with van der Waals surface area (Å²) in [7, 11) is 3.32. The van der Waals surface area contributed by atoms with Crippen molar-refractivity contribution in [3.63, 3.8) is 0 Å². The van der Waals surface area contributed by atoms with Gasteiger partial charge in [0, 0.05) is 38.3 Å². The first kappa shape index (κ1) is 35.0. The molecule has 0 bridgehead atoms. The van der Waals surface area contributed by atoms with Crippen molar-refractivity contribution in [2.24, 2.45) is 0 Å². The Kier molecular flexibility index (Phi) is 12.6. The summed E-state index contributed by atoms with van der Waals surface area (Å²) in [5, 5.41) is 12.8. The molecular weight excluding hydrogens is 612 g/mol. The third-order valence-corrected chi connectivity index (χ3v) is 9.14. The second-order valence-corrected chi connectivity index (χ2v) is 12.5. The van der Waals surface area contributed by atoms with Gasteiger partial charge in [-0.3, -0.25) is 4.79 Å². The van der Waals surface area contributed by atoms with Crippen LogP contribution in [0.15, 0.2) is 60.7 Å². The lowest BCUT2D eigenvalue weighted by atomic mass is 9.86. The van der Waals surface area contributed by atoms with Crippen LogP contribution in [0.5, 0.6) is 17.2 Å². The minimum absolute atomic E-state index is 0.00693. The number of likely N-dealkylation sites (tertiary alicyclic amines) is 1. The highest BCUT2D eigenvalue weighted by Crippen LogP contribution is 2.37. The normalized spacial score (nSPS) is 18.1. The average Bonchev–Trinajstić information content (AvgIpc) is 3.09. The number of nitrogens with zero attached hydrogens (tertiary/aromatic N) is 1. The Morgan fingerprint density at radius 2 is 1.77 bits per heavy atom. The van der Waals surface area contributed by atoms with Crippen LogP contribution in [-0.4, -0.2) is 75.2 Å². The number of piperidine rings is 1. The van der Waals surface area contributed by atoms with Gasteiger partial charge in [-0.1, -0.05) is 36.4 Å². The van der Waals surface area contributed by atoms with Gasteiger partial charge in [-0.05, 0) is 92.0 Å². The van der Waals surface area contributed by atoms with Crippen LogP contribution in [0.25, 0.3) is 0 Å². The van der Waals surface area contributed by atoms with Gasteiger partial charge >= 0.3 is 6.09 Å². The zero-order valence-corrected chi connectivity index (χ0v) is 28.2. The van der Waals surface area contributed by atoms with Crippen LogP contribution >= 0.6 is 0 Å².